The number of nitrogens with zero attached hydrogens (tertiary/aromatic N) is 4. The van der Waals surface area contributed by atoms with Crippen LogP contribution in [0.3, 0.4) is 0 Å². The van der Waals surface area contributed by atoms with Crippen molar-refractivity contribution >= 4 is 11.6 Å². The number of hydrogen-bond donors (Lipinski definition) is 0. The van der Waals surface area contributed by atoms with E-state index in [9.17, 15) is 18.0 Å². The molecule has 34 heavy (non-hydrogen) atoms. The molecule has 2 atom stereocenters. The number of ether oxygens (including phenoxy) is 1. The summed E-state index contributed by atoms with van der Waals surface area (Å²) in [5.41, 5.74) is -0.297. The van der Waals surface area contributed by atoms with Crippen molar-refractivity contribution in [2.45, 2.75) is 52.3 Å². The monoisotopic (exact) mass is 472 g/mol. The number of carbonyl (C=O) groups is 1. The quantitative estimate of drug-likeness (QED) is 0.508. The van der Waals surface area contributed by atoms with Crippen LogP contribution in [0.4, 0.5) is 13.2 Å². The molecular weight excluding hydrogens is 445 g/mol. The standard InChI is InChI=1S/C25H27F3N4O2/c1-23(2)11-16-12-24(3,13-23)14-31(16)22(33)19-10-21-29-18(15-6-5-7-17(8-15)34-4)9-20(25(26,27)28)32(21)30-19/h5-10,16H,11-14H2,1-4H3/t16-,24+/m0/s1. The first-order valence-electron chi connectivity index (χ1n) is 11.3. The summed E-state index contributed by atoms with van der Waals surface area (Å²) < 4.78 is 47.8. The molecule has 180 valence electrons. The van der Waals surface area contributed by atoms with Gasteiger partial charge in [-0.3, -0.25) is 4.79 Å². The number of rotatable bonds is 3. The number of benzene rings is 1. The normalized spacial score (nSPS) is 24.0. The minimum Gasteiger partial charge on any atom is -0.497 e. The Morgan fingerprint density at radius 2 is 1.91 bits per heavy atom. The van der Waals surface area contributed by atoms with Gasteiger partial charge in [0, 0.05) is 24.2 Å². The highest BCUT2D eigenvalue weighted by atomic mass is 19.4. The van der Waals surface area contributed by atoms with Crippen LogP contribution in [-0.2, 0) is 6.18 Å². The topological polar surface area (TPSA) is 59.7 Å². The molecule has 2 aromatic heterocycles. The number of hydrogen-bond acceptors (Lipinski definition) is 4. The summed E-state index contributed by atoms with van der Waals surface area (Å²) in [6.07, 6.45) is -1.90. The van der Waals surface area contributed by atoms with Crippen molar-refractivity contribution in [3.63, 3.8) is 0 Å². The molecule has 6 nitrogen and oxygen atoms in total. The maximum absolute atomic E-state index is 14.0. The first-order chi connectivity index (χ1) is 15.9. The van der Waals surface area contributed by atoms with Gasteiger partial charge in [-0.15, -0.1) is 0 Å². The van der Waals surface area contributed by atoms with Crippen LogP contribution >= 0.6 is 0 Å². The third-order valence-electron chi connectivity index (χ3n) is 6.98. The molecule has 5 rings (SSSR count). The predicted octanol–water partition coefficient (Wildman–Crippen LogP) is 5.46. The molecule has 3 heterocycles. The Morgan fingerprint density at radius 3 is 2.62 bits per heavy atom. The van der Waals surface area contributed by atoms with E-state index in [0.29, 0.717) is 17.9 Å². The first-order valence-corrected chi connectivity index (χ1v) is 11.3. The predicted molar refractivity (Wildman–Crippen MR) is 121 cm³/mol. The summed E-state index contributed by atoms with van der Waals surface area (Å²) in [6, 6.07) is 9.05. The number of halogens is 3. The van der Waals surface area contributed by atoms with Crippen LogP contribution in [0.15, 0.2) is 36.4 Å². The summed E-state index contributed by atoms with van der Waals surface area (Å²) in [4.78, 5) is 19.6. The van der Waals surface area contributed by atoms with Gasteiger partial charge >= 0.3 is 6.18 Å². The van der Waals surface area contributed by atoms with E-state index in [-0.39, 0.29) is 39.8 Å². The lowest BCUT2D eigenvalue weighted by Gasteiger charge is -2.39. The number of fused-ring (bicyclic) bond motifs is 3. The second-order valence-electron chi connectivity index (χ2n) is 10.7. The summed E-state index contributed by atoms with van der Waals surface area (Å²) in [7, 11) is 1.49. The van der Waals surface area contributed by atoms with Crippen molar-refractivity contribution in [3.05, 3.63) is 47.8 Å². The number of alkyl halides is 3. The summed E-state index contributed by atoms with van der Waals surface area (Å²) >= 11 is 0. The second-order valence-corrected chi connectivity index (χ2v) is 10.7. The number of amides is 1. The average Bonchev–Trinajstić information content (AvgIpc) is 3.28. The molecule has 1 aromatic carbocycles. The fourth-order valence-corrected chi connectivity index (χ4v) is 6.06. The molecule has 2 bridgehead atoms. The largest absolute Gasteiger partial charge is 0.497 e. The second kappa shape index (κ2) is 7.45. The highest BCUT2D eigenvalue weighted by Gasteiger charge is 2.51. The van der Waals surface area contributed by atoms with Crippen molar-refractivity contribution in [3.8, 4) is 17.0 Å². The minimum absolute atomic E-state index is 0.0101. The lowest BCUT2D eigenvalue weighted by Crippen LogP contribution is -2.37. The summed E-state index contributed by atoms with van der Waals surface area (Å²) in [5.74, 6) is 0.168. The zero-order valence-electron chi connectivity index (χ0n) is 19.6. The molecule has 3 aromatic rings. The van der Waals surface area contributed by atoms with E-state index in [2.05, 4.69) is 30.9 Å². The molecular formula is C25H27F3N4O2. The molecule has 0 N–H and O–H groups in total. The van der Waals surface area contributed by atoms with Crippen molar-refractivity contribution in [2.24, 2.45) is 10.8 Å². The van der Waals surface area contributed by atoms with Crippen molar-refractivity contribution in [1.82, 2.24) is 19.5 Å². The van der Waals surface area contributed by atoms with Crippen LogP contribution in [-0.4, -0.2) is 45.1 Å². The number of aromatic nitrogens is 3. The zero-order chi connectivity index (χ0) is 24.5. The maximum Gasteiger partial charge on any atom is 0.433 e. The van der Waals surface area contributed by atoms with Gasteiger partial charge in [-0.1, -0.05) is 32.9 Å². The molecule has 1 aliphatic carbocycles. The highest BCUT2D eigenvalue weighted by Crippen LogP contribution is 2.52. The first kappa shape index (κ1) is 22.7. The lowest BCUT2D eigenvalue weighted by molar-refractivity contribution is -0.142. The van der Waals surface area contributed by atoms with Gasteiger partial charge < -0.3 is 9.64 Å². The molecule has 2 fully saturated rings. The smallest absolute Gasteiger partial charge is 0.433 e. The van der Waals surface area contributed by atoms with Crippen LogP contribution in [0.2, 0.25) is 0 Å². The summed E-state index contributed by atoms with van der Waals surface area (Å²) in [5, 5.41) is 4.08. The molecule has 1 aliphatic heterocycles. The van der Waals surface area contributed by atoms with E-state index in [0.717, 1.165) is 29.8 Å². The average molecular weight is 473 g/mol. The highest BCUT2D eigenvalue weighted by molar-refractivity contribution is 5.94. The van der Waals surface area contributed by atoms with Crippen molar-refractivity contribution in [2.75, 3.05) is 13.7 Å². The molecule has 0 unspecified atom stereocenters. The van der Waals surface area contributed by atoms with Gasteiger partial charge in [-0.25, -0.2) is 9.50 Å². The van der Waals surface area contributed by atoms with E-state index in [1.165, 1.54) is 13.2 Å². The molecule has 2 aliphatic rings. The van der Waals surface area contributed by atoms with Gasteiger partial charge in [0.05, 0.1) is 12.8 Å². The van der Waals surface area contributed by atoms with Gasteiger partial charge in [-0.05, 0) is 48.3 Å². The van der Waals surface area contributed by atoms with Gasteiger partial charge in [0.2, 0.25) is 0 Å². The Labute approximate surface area is 195 Å². The van der Waals surface area contributed by atoms with Gasteiger partial charge in [0.15, 0.2) is 17.0 Å². The Hall–Kier alpha value is -3.10. The van der Waals surface area contributed by atoms with Gasteiger partial charge in [0.25, 0.3) is 5.91 Å². The van der Waals surface area contributed by atoms with E-state index in [1.54, 1.807) is 29.2 Å². The Kier molecular flexibility index (Phi) is 4.97. The lowest BCUT2D eigenvalue weighted by atomic mass is 9.65. The fraction of sp³-hybridized carbons (Fsp3) is 0.480. The maximum atomic E-state index is 14.0. The molecule has 1 amide bonds. The number of carbonyl (C=O) groups excluding carboxylic acids is 1. The van der Waals surface area contributed by atoms with Crippen LogP contribution in [0.5, 0.6) is 5.75 Å². The molecule has 1 saturated carbocycles. The Morgan fingerprint density at radius 1 is 1.15 bits per heavy atom. The zero-order valence-corrected chi connectivity index (χ0v) is 19.6. The van der Waals surface area contributed by atoms with Gasteiger partial charge in [-0.2, -0.15) is 18.3 Å². The van der Waals surface area contributed by atoms with Crippen LogP contribution in [0.1, 0.15) is 56.2 Å². The Balaban J connectivity index is 1.57. The van der Waals surface area contributed by atoms with E-state index in [4.69, 9.17) is 4.74 Å². The molecule has 1 saturated heterocycles. The van der Waals surface area contributed by atoms with Crippen LogP contribution in [0.25, 0.3) is 16.9 Å². The minimum atomic E-state index is -4.68. The third kappa shape index (κ3) is 3.91. The van der Waals surface area contributed by atoms with E-state index < -0.39 is 11.9 Å². The number of methoxy groups -OCH3 is 1. The molecule has 0 spiro atoms. The summed E-state index contributed by atoms with van der Waals surface area (Å²) in [6.45, 7) is 7.18. The van der Waals surface area contributed by atoms with Gasteiger partial charge in [0.1, 0.15) is 5.75 Å². The van der Waals surface area contributed by atoms with Crippen molar-refractivity contribution < 1.29 is 22.7 Å². The van der Waals surface area contributed by atoms with Crippen molar-refractivity contribution in [1.29, 1.82) is 0 Å². The van der Waals surface area contributed by atoms with E-state index in [1.807, 2.05) is 0 Å². The number of likely N-dealkylation sites (tertiary alicyclic amines) is 1. The molecule has 0 radical (unpaired) electrons. The van der Waals surface area contributed by atoms with Crippen LogP contribution < -0.4 is 4.74 Å². The van der Waals surface area contributed by atoms with Crippen LogP contribution in [0, 0.1) is 10.8 Å². The SMILES string of the molecule is COc1cccc(-c2cc(C(F)(F)F)n3nc(C(=O)N4C[C@]5(C)C[C@@H]4CC(C)(C)C5)cc3n2)c1. The molecule has 9 heteroatoms. The Bertz CT molecular complexity index is 1280. The van der Waals surface area contributed by atoms with E-state index >= 15 is 0 Å². The third-order valence-corrected chi connectivity index (χ3v) is 6.98. The fourth-order valence-electron chi connectivity index (χ4n) is 6.06.